The van der Waals surface area contributed by atoms with E-state index in [9.17, 15) is 19.5 Å². The van der Waals surface area contributed by atoms with Gasteiger partial charge in [-0.15, -0.1) is 0 Å². The lowest BCUT2D eigenvalue weighted by Gasteiger charge is -2.59. The Labute approximate surface area is 166 Å². The lowest BCUT2D eigenvalue weighted by Crippen LogP contribution is -2.61. The molecule has 3 aliphatic rings. The number of hydrogen-bond donors (Lipinski definition) is 1. The van der Waals surface area contributed by atoms with Crippen LogP contribution in [-0.2, 0) is 23.9 Å². The van der Waals surface area contributed by atoms with Crippen molar-refractivity contribution in [3.8, 4) is 0 Å². The summed E-state index contributed by atoms with van der Waals surface area (Å²) in [6.45, 7) is 9.43. The highest BCUT2D eigenvalue weighted by Gasteiger charge is 2.63. The van der Waals surface area contributed by atoms with Crippen LogP contribution in [0.4, 0.5) is 0 Å². The molecule has 0 amide bonds. The van der Waals surface area contributed by atoms with Crippen LogP contribution in [0.2, 0.25) is 0 Å². The van der Waals surface area contributed by atoms with E-state index in [0.29, 0.717) is 25.0 Å². The minimum absolute atomic E-state index is 0.0539. The van der Waals surface area contributed by atoms with Crippen molar-refractivity contribution in [2.24, 2.45) is 22.7 Å². The van der Waals surface area contributed by atoms with Gasteiger partial charge in [0.25, 0.3) is 0 Å². The second-order valence-electron chi connectivity index (χ2n) is 9.41. The van der Waals surface area contributed by atoms with Crippen LogP contribution in [0.5, 0.6) is 0 Å². The molecule has 0 radical (unpaired) electrons. The normalized spacial score (nSPS) is 37.4. The molecule has 28 heavy (non-hydrogen) atoms. The summed E-state index contributed by atoms with van der Waals surface area (Å²) in [5.41, 5.74) is 0.326. The fourth-order valence-corrected chi connectivity index (χ4v) is 5.79. The molecular weight excluding hydrogens is 360 g/mol. The van der Waals surface area contributed by atoms with Crippen LogP contribution in [0.3, 0.4) is 0 Å². The van der Waals surface area contributed by atoms with Crippen LogP contribution >= 0.6 is 0 Å². The van der Waals surface area contributed by atoms with Crippen molar-refractivity contribution in [1.82, 2.24) is 0 Å². The van der Waals surface area contributed by atoms with Crippen molar-refractivity contribution in [2.75, 3.05) is 6.61 Å². The number of esters is 2. The van der Waals surface area contributed by atoms with Crippen molar-refractivity contribution in [3.63, 3.8) is 0 Å². The SMILES string of the molecule is CC(=O)O[C@H]1C[C@@H](O)[C@]2(C)C3=C(CC[C@@H]2[C@]1(C)CCC(=O)C(C)C)COC3=O. The van der Waals surface area contributed by atoms with Gasteiger partial charge in [0, 0.05) is 42.1 Å². The highest BCUT2D eigenvalue weighted by Crippen LogP contribution is 2.62. The molecule has 156 valence electrons. The molecule has 0 aromatic carbocycles. The Kier molecular flexibility index (Phi) is 5.47. The van der Waals surface area contributed by atoms with Crippen LogP contribution in [0, 0.1) is 22.7 Å². The number of cyclic esters (lactones) is 1. The third-order valence-corrected chi connectivity index (χ3v) is 7.46. The van der Waals surface area contributed by atoms with E-state index in [1.165, 1.54) is 6.92 Å². The summed E-state index contributed by atoms with van der Waals surface area (Å²) in [6.07, 6.45) is 1.41. The Balaban J connectivity index is 2.01. The largest absolute Gasteiger partial charge is 0.462 e. The zero-order chi connectivity index (χ0) is 20.9. The molecule has 0 aromatic heterocycles. The molecule has 1 heterocycles. The van der Waals surface area contributed by atoms with Crippen molar-refractivity contribution >= 4 is 17.7 Å². The van der Waals surface area contributed by atoms with Crippen molar-refractivity contribution in [1.29, 1.82) is 0 Å². The Morgan fingerprint density at radius 1 is 1.32 bits per heavy atom. The molecule has 1 aliphatic heterocycles. The smallest absolute Gasteiger partial charge is 0.335 e. The Bertz CT molecular complexity index is 723. The third kappa shape index (κ3) is 3.19. The zero-order valence-corrected chi connectivity index (χ0v) is 17.5. The number of fused-ring (bicyclic) bond motifs is 2. The summed E-state index contributed by atoms with van der Waals surface area (Å²) in [6, 6.07) is 0. The van der Waals surface area contributed by atoms with Gasteiger partial charge in [-0.05, 0) is 30.8 Å². The molecule has 0 bridgehead atoms. The Morgan fingerprint density at radius 3 is 2.61 bits per heavy atom. The summed E-state index contributed by atoms with van der Waals surface area (Å²) >= 11 is 0. The predicted octanol–water partition coefficient (Wildman–Crippen LogP) is 2.96. The quantitative estimate of drug-likeness (QED) is 0.724. The van der Waals surface area contributed by atoms with Crippen LogP contribution in [0.25, 0.3) is 0 Å². The zero-order valence-electron chi connectivity index (χ0n) is 17.5. The lowest BCUT2D eigenvalue weighted by atomic mass is 9.47. The second-order valence-corrected chi connectivity index (χ2v) is 9.41. The van der Waals surface area contributed by atoms with Crippen LogP contribution in [0.15, 0.2) is 11.1 Å². The number of ether oxygens (including phenoxy) is 2. The van der Waals surface area contributed by atoms with E-state index in [0.717, 1.165) is 18.4 Å². The van der Waals surface area contributed by atoms with E-state index in [4.69, 9.17) is 9.47 Å². The average molecular weight is 392 g/mol. The number of ketones is 1. The Hall–Kier alpha value is -1.69. The molecule has 3 rings (SSSR count). The van der Waals surface area contributed by atoms with Gasteiger partial charge in [0.05, 0.1) is 6.10 Å². The van der Waals surface area contributed by atoms with Gasteiger partial charge in [-0.3, -0.25) is 9.59 Å². The van der Waals surface area contributed by atoms with E-state index in [2.05, 4.69) is 6.92 Å². The highest BCUT2D eigenvalue weighted by molar-refractivity contribution is 5.94. The molecule has 1 saturated carbocycles. The first-order valence-corrected chi connectivity index (χ1v) is 10.3. The number of aliphatic hydroxyl groups excluding tert-OH is 1. The number of hydrogen-bond acceptors (Lipinski definition) is 6. The first-order chi connectivity index (χ1) is 13.0. The maximum atomic E-state index is 12.5. The number of aliphatic hydroxyl groups is 1. The minimum Gasteiger partial charge on any atom is -0.462 e. The second kappa shape index (κ2) is 7.29. The van der Waals surface area contributed by atoms with Crippen molar-refractivity contribution < 1.29 is 29.0 Å². The first kappa shape index (κ1) is 21.0. The lowest BCUT2D eigenvalue weighted by molar-refractivity contribution is -0.191. The summed E-state index contributed by atoms with van der Waals surface area (Å²) in [5.74, 6) is -0.697. The van der Waals surface area contributed by atoms with E-state index in [1.54, 1.807) is 0 Å². The summed E-state index contributed by atoms with van der Waals surface area (Å²) in [7, 11) is 0. The van der Waals surface area contributed by atoms with Crippen LogP contribution in [0.1, 0.15) is 66.7 Å². The third-order valence-electron chi connectivity index (χ3n) is 7.46. The van der Waals surface area contributed by atoms with Crippen LogP contribution < -0.4 is 0 Å². The molecule has 2 aliphatic carbocycles. The number of carbonyl (C=O) groups is 3. The van der Waals surface area contributed by atoms with Gasteiger partial charge in [-0.2, -0.15) is 0 Å². The maximum absolute atomic E-state index is 12.5. The van der Waals surface area contributed by atoms with Gasteiger partial charge in [0.1, 0.15) is 18.5 Å². The molecular formula is C22H32O6. The standard InChI is InChI=1S/C22H32O6/c1-12(2)15(24)8-9-21(4)16-7-6-14-11-27-20(26)19(14)22(16,5)17(25)10-18(21)28-13(3)23/h12,16-18,25H,6-11H2,1-5H3/t16-,17-,18+,21+,22-/m1/s1. The minimum atomic E-state index is -0.813. The summed E-state index contributed by atoms with van der Waals surface area (Å²) in [5, 5.41) is 11.1. The molecule has 0 saturated heterocycles. The van der Waals surface area contributed by atoms with E-state index >= 15 is 0 Å². The van der Waals surface area contributed by atoms with E-state index in [-0.39, 0.29) is 30.0 Å². The molecule has 1 N–H and O–H groups in total. The summed E-state index contributed by atoms with van der Waals surface area (Å²) in [4.78, 5) is 36.6. The van der Waals surface area contributed by atoms with Crippen molar-refractivity contribution in [2.45, 2.75) is 78.9 Å². The van der Waals surface area contributed by atoms with Gasteiger partial charge in [-0.1, -0.05) is 27.7 Å². The predicted molar refractivity (Wildman–Crippen MR) is 102 cm³/mol. The summed E-state index contributed by atoms with van der Waals surface area (Å²) < 4.78 is 10.9. The molecule has 5 atom stereocenters. The van der Waals surface area contributed by atoms with E-state index in [1.807, 2.05) is 20.8 Å². The maximum Gasteiger partial charge on any atom is 0.335 e. The fraction of sp³-hybridized carbons (Fsp3) is 0.773. The Morgan fingerprint density at radius 2 is 2.00 bits per heavy atom. The monoisotopic (exact) mass is 392 g/mol. The van der Waals surface area contributed by atoms with E-state index < -0.39 is 29.0 Å². The molecule has 6 heteroatoms. The van der Waals surface area contributed by atoms with Crippen LogP contribution in [-0.4, -0.2) is 41.6 Å². The number of rotatable bonds is 5. The van der Waals surface area contributed by atoms with Crippen molar-refractivity contribution in [3.05, 3.63) is 11.1 Å². The van der Waals surface area contributed by atoms with Gasteiger partial charge < -0.3 is 14.6 Å². The molecule has 1 fully saturated rings. The number of carbonyl (C=O) groups excluding carboxylic acids is 3. The first-order valence-electron chi connectivity index (χ1n) is 10.3. The number of Topliss-reactive ketones (excluding diaryl/α,β-unsaturated/α-hetero) is 1. The molecule has 0 spiro atoms. The van der Waals surface area contributed by atoms with Gasteiger partial charge in [0.2, 0.25) is 0 Å². The highest BCUT2D eigenvalue weighted by atomic mass is 16.5. The molecule has 0 aromatic rings. The average Bonchev–Trinajstić information content (AvgIpc) is 2.99. The fourth-order valence-electron chi connectivity index (χ4n) is 5.79. The molecule has 0 unspecified atom stereocenters. The van der Waals surface area contributed by atoms with Gasteiger partial charge >= 0.3 is 11.9 Å². The molecule has 6 nitrogen and oxygen atoms in total. The topological polar surface area (TPSA) is 89.9 Å². The van der Waals surface area contributed by atoms with Gasteiger partial charge in [-0.25, -0.2) is 4.79 Å². The van der Waals surface area contributed by atoms with Gasteiger partial charge in [0.15, 0.2) is 0 Å².